The molecule has 0 amide bonds. The van der Waals surface area contributed by atoms with Gasteiger partial charge in [-0.25, -0.2) is 9.13 Å². The minimum Gasteiger partial charge on any atom is -1.00 e. The van der Waals surface area contributed by atoms with E-state index in [0.29, 0.717) is 0 Å². The number of phosphoric acid groups is 2. The van der Waals surface area contributed by atoms with Gasteiger partial charge in [-0.05, 0) is 0 Å². The van der Waals surface area contributed by atoms with Gasteiger partial charge in [-0.2, -0.15) is 0 Å². The fourth-order valence-electron chi connectivity index (χ4n) is 0. The Morgan fingerprint density at radius 1 is 0.786 bits per heavy atom. The van der Waals surface area contributed by atoms with Crippen LogP contribution < -0.4 is 51.4 Å². The molecule has 0 aromatic carbocycles. The van der Waals surface area contributed by atoms with Crippen LogP contribution in [0.2, 0.25) is 0 Å². The number of hydrogen-bond donors (Lipinski definition) is 6. The first-order valence-electron chi connectivity index (χ1n) is 1.57. The molecule has 0 aromatic heterocycles. The molecule has 0 atom stereocenters. The predicted molar refractivity (Wildman–Crippen MR) is 55.5 cm³/mol. The van der Waals surface area contributed by atoms with E-state index in [1.54, 1.807) is 0 Å². The molecule has 14 heteroatoms. The maximum Gasteiger partial charge on any atom is 2.00 e. The molecule has 0 spiro atoms. The molecule has 0 unspecified atom stereocenters. The topological polar surface area (TPSA) is 156 Å². The van der Waals surface area contributed by atoms with Gasteiger partial charge in [-0.3, -0.25) is 0 Å². The Morgan fingerprint density at radius 3 is 0.786 bits per heavy atom. The minimum absolute atomic E-state index is 0. The first kappa shape index (κ1) is 36.2. The van der Waals surface area contributed by atoms with E-state index in [-0.39, 0.29) is 137 Å². The van der Waals surface area contributed by atoms with E-state index in [1.165, 1.54) is 0 Å². The standard InChI is InChI=1S/Al.Ca.K.Mg.2H3O4P.8H/c;;;;2*1-5(2,3)4;;;;;;;;/h;;;;2*(H3,1,2,3,4);;;;;;;;/q;+2;+1;+2;;;;;;5*-1. The Hall–Kier alpha value is 4.41. The van der Waals surface area contributed by atoms with Gasteiger partial charge in [-0.15, -0.1) is 0 Å². The van der Waals surface area contributed by atoms with Crippen molar-refractivity contribution >= 4 is 93.8 Å². The second-order valence-electron chi connectivity index (χ2n) is 1.03. The van der Waals surface area contributed by atoms with E-state index in [4.69, 9.17) is 38.5 Å². The Morgan fingerprint density at radius 2 is 0.786 bits per heavy atom. The van der Waals surface area contributed by atoms with Crippen LogP contribution in [0.25, 0.3) is 0 Å². The van der Waals surface area contributed by atoms with Crippen molar-refractivity contribution in [1.29, 1.82) is 0 Å². The summed E-state index contributed by atoms with van der Waals surface area (Å²) >= 11 is 0. The van der Waals surface area contributed by atoms with Gasteiger partial charge in [0.05, 0.1) is 0 Å². The predicted octanol–water partition coefficient (Wildman–Crippen LogP) is -6.24. The monoisotopic (exact) mass is 334 g/mol. The van der Waals surface area contributed by atoms with Gasteiger partial charge < -0.3 is 36.5 Å². The van der Waals surface area contributed by atoms with E-state index < -0.39 is 15.6 Å². The summed E-state index contributed by atoms with van der Waals surface area (Å²) in [5, 5.41) is 0. The van der Waals surface area contributed by atoms with Crippen molar-refractivity contribution in [3.8, 4) is 0 Å². The maximum absolute atomic E-state index is 8.88. The van der Waals surface area contributed by atoms with E-state index in [2.05, 4.69) is 0 Å². The van der Waals surface area contributed by atoms with Crippen LogP contribution in [0.4, 0.5) is 0 Å². The average Bonchev–Trinajstić information content (AvgIpc) is 1.12. The summed E-state index contributed by atoms with van der Waals surface area (Å²) in [7, 11) is -9.28. The van der Waals surface area contributed by atoms with Crippen LogP contribution in [0, 0.1) is 0 Å². The quantitative estimate of drug-likeness (QED) is 0.189. The summed E-state index contributed by atoms with van der Waals surface area (Å²) in [6, 6.07) is 0. The average molecular weight is 335 g/mol. The molecule has 0 aromatic rings. The van der Waals surface area contributed by atoms with E-state index in [1.807, 2.05) is 0 Å². The molecule has 80 valence electrons. The van der Waals surface area contributed by atoms with Crippen molar-refractivity contribution in [2.45, 2.75) is 0 Å². The Kier molecular flexibility index (Phi) is 45.1. The zero-order chi connectivity index (χ0) is 9.00. The molecule has 0 radical (unpaired) electrons. The summed E-state index contributed by atoms with van der Waals surface area (Å²) in [5.74, 6) is 0. The molecule has 0 fully saturated rings. The normalized spacial score (nSPS) is 8.43. The van der Waals surface area contributed by atoms with Gasteiger partial charge in [0.15, 0.2) is 17.4 Å². The van der Waals surface area contributed by atoms with Gasteiger partial charge in [0.1, 0.15) is 0 Å². The number of hydrogen-bond acceptors (Lipinski definition) is 2. The third kappa shape index (κ3) is 200. The molecule has 0 heterocycles. The van der Waals surface area contributed by atoms with Gasteiger partial charge in [0.25, 0.3) is 0 Å². The molecule has 0 aliphatic carbocycles. The van der Waals surface area contributed by atoms with Crippen LogP contribution in [-0.4, -0.2) is 108 Å². The van der Waals surface area contributed by atoms with Gasteiger partial charge in [0.2, 0.25) is 0 Å². The van der Waals surface area contributed by atoms with E-state index in [9.17, 15) is 0 Å². The van der Waals surface area contributed by atoms with Crippen molar-refractivity contribution in [2.24, 2.45) is 0 Å². The van der Waals surface area contributed by atoms with Crippen LogP contribution in [-0.2, 0) is 9.13 Å². The molecule has 0 rings (SSSR count). The molecule has 0 bridgehead atoms. The molecule has 0 aliphatic rings. The summed E-state index contributed by atoms with van der Waals surface area (Å²) in [5.41, 5.74) is 0. The zero-order valence-corrected chi connectivity index (χ0v) is 15.3. The van der Waals surface area contributed by atoms with Crippen LogP contribution in [0.15, 0.2) is 0 Å². The molecule has 0 aliphatic heterocycles. The fraction of sp³-hybridized carbons (Fsp3) is 0. The number of rotatable bonds is 0. The first-order valence-corrected chi connectivity index (χ1v) is 4.70. The zero-order valence-electron chi connectivity index (χ0n) is 11.8. The molecule has 6 N–H and O–H groups in total. The minimum atomic E-state index is -4.64. The van der Waals surface area contributed by atoms with Crippen molar-refractivity contribution < 1.29 is 97.0 Å². The maximum atomic E-state index is 8.88. The summed E-state index contributed by atoms with van der Waals surface area (Å²) in [6.45, 7) is 0. The van der Waals surface area contributed by atoms with Crippen LogP contribution in [0.3, 0.4) is 0 Å². The smallest absolute Gasteiger partial charge is 1.00 e. The van der Waals surface area contributed by atoms with Crippen LogP contribution in [0.5, 0.6) is 0 Å². The Balaban J connectivity index is -0.00000000508. The second kappa shape index (κ2) is 17.4. The Bertz CT molecular complexity index is 155. The van der Waals surface area contributed by atoms with Crippen molar-refractivity contribution in [3.05, 3.63) is 0 Å². The molecule has 0 saturated heterocycles. The molecular formula is H14AlCaKMgO8P2. The van der Waals surface area contributed by atoms with E-state index in [0.717, 1.165) is 0 Å². The molecule has 8 nitrogen and oxygen atoms in total. The second-order valence-corrected chi connectivity index (χ2v) is 3.08. The molecule has 14 heavy (non-hydrogen) atoms. The molecule has 0 saturated carbocycles. The molecular weight excluding hydrogens is 320 g/mol. The Labute approximate surface area is 187 Å². The summed E-state index contributed by atoms with van der Waals surface area (Å²) in [6.07, 6.45) is 0. The third-order valence-electron chi connectivity index (χ3n) is 0. The van der Waals surface area contributed by atoms with E-state index >= 15 is 0 Å². The van der Waals surface area contributed by atoms with Crippen molar-refractivity contribution in [3.63, 3.8) is 0 Å². The van der Waals surface area contributed by atoms with Gasteiger partial charge in [-0.1, -0.05) is 0 Å². The van der Waals surface area contributed by atoms with Crippen LogP contribution >= 0.6 is 15.6 Å². The fourth-order valence-corrected chi connectivity index (χ4v) is 0. The summed E-state index contributed by atoms with van der Waals surface area (Å²) in [4.78, 5) is 43.1. The first-order chi connectivity index (χ1) is 4.00. The van der Waals surface area contributed by atoms with Crippen LogP contribution in [0.1, 0.15) is 7.13 Å². The van der Waals surface area contributed by atoms with Crippen molar-refractivity contribution in [1.82, 2.24) is 0 Å². The SMILES string of the molecule is O=P(O)(O)O.O=P(O)(O)O.[AlH3].[Ca+2].[H-].[H-].[H-].[H-].[H-].[K+].[Mg+2]. The summed E-state index contributed by atoms with van der Waals surface area (Å²) < 4.78 is 17.8. The largest absolute Gasteiger partial charge is 2.00 e. The van der Waals surface area contributed by atoms with Gasteiger partial charge in [0, 0.05) is 0 Å². The third-order valence-corrected chi connectivity index (χ3v) is 0. The van der Waals surface area contributed by atoms with Crippen molar-refractivity contribution in [2.75, 3.05) is 0 Å². The van der Waals surface area contributed by atoms with Gasteiger partial charge >= 0.3 is 128 Å².